The molecule has 3 heterocycles. The number of rotatable bonds is 8. The highest BCUT2D eigenvalue weighted by Gasteiger charge is 2.08. The molecule has 8 nitrogen and oxygen atoms in total. The Kier molecular flexibility index (Phi) is 6.46. The number of nitrogens with zero attached hydrogens (tertiary/aromatic N) is 5. The Labute approximate surface area is 163 Å². The van der Waals surface area contributed by atoms with Gasteiger partial charge in [-0.3, -0.25) is 9.78 Å². The molecule has 0 saturated heterocycles. The fourth-order valence-corrected chi connectivity index (χ4v) is 2.67. The lowest BCUT2D eigenvalue weighted by atomic mass is 10.2. The Morgan fingerprint density at radius 2 is 1.89 bits per heavy atom. The number of aromatic nitrogens is 4. The quantitative estimate of drug-likeness (QED) is 0.576. The van der Waals surface area contributed by atoms with E-state index < -0.39 is 0 Å². The number of carbonyl (C=O) groups excluding carboxylic acids is 1. The second-order valence-electron chi connectivity index (χ2n) is 6.39. The molecule has 0 fully saturated rings. The van der Waals surface area contributed by atoms with E-state index in [1.54, 1.807) is 30.9 Å². The predicted octanol–water partition coefficient (Wildman–Crippen LogP) is 1.85. The zero-order chi connectivity index (χ0) is 19.8. The summed E-state index contributed by atoms with van der Waals surface area (Å²) >= 11 is 0. The van der Waals surface area contributed by atoms with Crippen molar-refractivity contribution in [3.8, 4) is 0 Å². The summed E-state index contributed by atoms with van der Waals surface area (Å²) in [6, 6.07) is 9.43. The van der Waals surface area contributed by atoms with Crippen molar-refractivity contribution < 1.29 is 4.79 Å². The van der Waals surface area contributed by atoms with E-state index in [1.807, 2.05) is 36.2 Å². The van der Waals surface area contributed by atoms with Crippen LogP contribution in [0.3, 0.4) is 0 Å². The van der Waals surface area contributed by atoms with Gasteiger partial charge in [0, 0.05) is 56.2 Å². The molecule has 3 rings (SSSR count). The van der Waals surface area contributed by atoms with Crippen molar-refractivity contribution in [2.45, 2.75) is 19.4 Å². The molecule has 3 aromatic rings. The highest BCUT2D eigenvalue weighted by atomic mass is 16.1. The number of nitrogens with two attached hydrogens (primary N) is 1. The smallest absolute Gasteiger partial charge is 0.252 e. The molecule has 0 aromatic carbocycles. The lowest BCUT2D eigenvalue weighted by Crippen LogP contribution is -2.25. The van der Waals surface area contributed by atoms with E-state index in [0.717, 1.165) is 29.9 Å². The lowest BCUT2D eigenvalue weighted by molar-refractivity contribution is 0.0953. The van der Waals surface area contributed by atoms with Crippen LogP contribution in [0.2, 0.25) is 0 Å². The zero-order valence-corrected chi connectivity index (χ0v) is 15.7. The Morgan fingerprint density at radius 3 is 2.57 bits per heavy atom. The molecule has 1 amide bonds. The fraction of sp³-hybridized carbons (Fsp3) is 0.250. The molecule has 0 bridgehead atoms. The molecule has 3 aromatic heterocycles. The van der Waals surface area contributed by atoms with E-state index in [9.17, 15) is 4.79 Å². The van der Waals surface area contributed by atoms with Crippen LogP contribution in [-0.4, -0.2) is 39.4 Å². The topological polar surface area (TPSA) is 110 Å². The van der Waals surface area contributed by atoms with Crippen LogP contribution in [0, 0.1) is 0 Å². The largest absolute Gasteiger partial charge is 0.368 e. The van der Waals surface area contributed by atoms with Gasteiger partial charge in [-0.1, -0.05) is 6.07 Å². The minimum Gasteiger partial charge on any atom is -0.368 e. The van der Waals surface area contributed by atoms with Gasteiger partial charge in [0.15, 0.2) is 0 Å². The number of hydrogen-bond acceptors (Lipinski definition) is 7. The number of hydrogen-bond donors (Lipinski definition) is 2. The van der Waals surface area contributed by atoms with E-state index in [2.05, 4.69) is 25.3 Å². The van der Waals surface area contributed by atoms with Crippen molar-refractivity contribution in [1.29, 1.82) is 0 Å². The molecule has 0 unspecified atom stereocenters. The van der Waals surface area contributed by atoms with Gasteiger partial charge in [0.1, 0.15) is 5.82 Å². The lowest BCUT2D eigenvalue weighted by Gasteiger charge is -2.18. The first kappa shape index (κ1) is 19.2. The molecule has 0 aliphatic carbocycles. The van der Waals surface area contributed by atoms with Gasteiger partial charge in [0.05, 0.1) is 5.56 Å². The SMILES string of the molecule is CN(Cc1cnc(N)nc1)c1ccc(C(=O)NCCCc2ccccn2)cn1. The molecule has 0 radical (unpaired) electrons. The zero-order valence-electron chi connectivity index (χ0n) is 15.7. The van der Waals surface area contributed by atoms with Crippen LogP contribution in [0.15, 0.2) is 55.1 Å². The third-order valence-corrected chi connectivity index (χ3v) is 4.17. The van der Waals surface area contributed by atoms with Gasteiger partial charge in [-0.15, -0.1) is 0 Å². The third-order valence-electron chi connectivity index (χ3n) is 4.17. The Morgan fingerprint density at radius 1 is 1.07 bits per heavy atom. The van der Waals surface area contributed by atoms with Gasteiger partial charge in [0.2, 0.25) is 5.95 Å². The molecule has 28 heavy (non-hydrogen) atoms. The van der Waals surface area contributed by atoms with Crippen LogP contribution in [-0.2, 0) is 13.0 Å². The van der Waals surface area contributed by atoms with Crippen molar-refractivity contribution in [1.82, 2.24) is 25.3 Å². The van der Waals surface area contributed by atoms with Crippen molar-refractivity contribution in [2.24, 2.45) is 0 Å². The second-order valence-corrected chi connectivity index (χ2v) is 6.39. The van der Waals surface area contributed by atoms with Crippen LogP contribution in [0.1, 0.15) is 28.0 Å². The van der Waals surface area contributed by atoms with Crippen molar-refractivity contribution in [3.05, 3.63) is 71.9 Å². The molecule has 3 N–H and O–H groups in total. The highest BCUT2D eigenvalue weighted by Crippen LogP contribution is 2.13. The molecule has 0 spiro atoms. The number of nitrogen functional groups attached to an aromatic ring is 1. The first-order valence-electron chi connectivity index (χ1n) is 9.03. The maximum absolute atomic E-state index is 12.3. The average Bonchev–Trinajstić information content (AvgIpc) is 2.73. The molecule has 8 heteroatoms. The number of aryl methyl sites for hydroxylation is 1. The summed E-state index contributed by atoms with van der Waals surface area (Å²) in [7, 11) is 1.91. The minimum absolute atomic E-state index is 0.130. The highest BCUT2D eigenvalue weighted by molar-refractivity contribution is 5.94. The molecule has 144 valence electrons. The minimum atomic E-state index is -0.130. The van der Waals surface area contributed by atoms with E-state index in [-0.39, 0.29) is 11.9 Å². The second kappa shape index (κ2) is 9.40. The number of anilines is 2. The van der Waals surface area contributed by atoms with E-state index in [1.165, 1.54) is 0 Å². The summed E-state index contributed by atoms with van der Waals surface area (Å²) in [5, 5.41) is 2.91. The fourth-order valence-electron chi connectivity index (χ4n) is 2.67. The number of nitrogens with one attached hydrogen (secondary N) is 1. The van der Waals surface area contributed by atoms with Gasteiger partial charge in [-0.25, -0.2) is 15.0 Å². The first-order chi connectivity index (χ1) is 13.6. The molecule has 0 saturated carbocycles. The summed E-state index contributed by atoms with van der Waals surface area (Å²) < 4.78 is 0. The molecule has 0 aliphatic rings. The summed E-state index contributed by atoms with van der Waals surface area (Å²) in [6.07, 6.45) is 8.40. The van der Waals surface area contributed by atoms with Crippen LogP contribution in [0.5, 0.6) is 0 Å². The molecular weight excluding hydrogens is 354 g/mol. The van der Waals surface area contributed by atoms with Crippen LogP contribution in [0.4, 0.5) is 11.8 Å². The normalized spacial score (nSPS) is 10.5. The maximum atomic E-state index is 12.3. The van der Waals surface area contributed by atoms with Crippen LogP contribution < -0.4 is 16.0 Å². The number of carbonyl (C=O) groups is 1. The standard InChI is InChI=1S/C20H23N7O/c1-27(14-15-11-25-20(21)26-12-15)18-8-7-16(13-24-18)19(28)23-10-4-6-17-5-2-3-9-22-17/h2-3,5,7-9,11-13H,4,6,10,14H2,1H3,(H,23,28)(H2,21,25,26). The van der Waals surface area contributed by atoms with E-state index >= 15 is 0 Å². The first-order valence-corrected chi connectivity index (χ1v) is 9.03. The molecular formula is C20H23N7O. The number of pyridine rings is 2. The Balaban J connectivity index is 1.47. The van der Waals surface area contributed by atoms with Crippen LogP contribution >= 0.6 is 0 Å². The average molecular weight is 377 g/mol. The van der Waals surface area contributed by atoms with Gasteiger partial charge in [0.25, 0.3) is 5.91 Å². The van der Waals surface area contributed by atoms with E-state index in [4.69, 9.17) is 5.73 Å². The van der Waals surface area contributed by atoms with Crippen molar-refractivity contribution >= 4 is 17.7 Å². The Hall–Kier alpha value is -3.55. The molecule has 0 aliphatic heterocycles. The monoisotopic (exact) mass is 377 g/mol. The van der Waals surface area contributed by atoms with Gasteiger partial charge in [-0.2, -0.15) is 0 Å². The summed E-state index contributed by atoms with van der Waals surface area (Å²) in [5.74, 6) is 0.873. The van der Waals surface area contributed by atoms with Gasteiger partial charge in [-0.05, 0) is 37.1 Å². The maximum Gasteiger partial charge on any atom is 0.252 e. The number of amides is 1. The van der Waals surface area contributed by atoms with Crippen LogP contribution in [0.25, 0.3) is 0 Å². The van der Waals surface area contributed by atoms with Crippen molar-refractivity contribution in [2.75, 3.05) is 24.2 Å². The molecule has 0 atom stereocenters. The van der Waals surface area contributed by atoms with Gasteiger partial charge >= 0.3 is 0 Å². The summed E-state index contributed by atoms with van der Waals surface area (Å²) in [5.41, 5.74) is 7.98. The van der Waals surface area contributed by atoms with E-state index in [0.29, 0.717) is 18.7 Å². The Bertz CT molecular complexity index is 883. The van der Waals surface area contributed by atoms with Crippen molar-refractivity contribution in [3.63, 3.8) is 0 Å². The predicted molar refractivity (Wildman–Crippen MR) is 108 cm³/mol. The van der Waals surface area contributed by atoms with Gasteiger partial charge < -0.3 is 16.0 Å². The summed E-state index contributed by atoms with van der Waals surface area (Å²) in [4.78, 5) is 30.8. The third kappa shape index (κ3) is 5.47. The summed E-state index contributed by atoms with van der Waals surface area (Å²) in [6.45, 7) is 1.18.